The Morgan fingerprint density at radius 2 is 1.83 bits per heavy atom. The average Bonchev–Trinajstić information content (AvgIpc) is 2.30. The van der Waals surface area contributed by atoms with Crippen molar-refractivity contribution >= 4 is 29.9 Å². The zero-order chi connectivity index (χ0) is 12.8. The van der Waals surface area contributed by atoms with Crippen LogP contribution in [0.5, 0.6) is 0 Å². The molecular formula is C12H18ClN3O2. The second kappa shape index (κ2) is 7.55. The van der Waals surface area contributed by atoms with Crippen LogP contribution in [-0.4, -0.2) is 24.4 Å². The SMILES string of the molecule is CCNC(=O)C(C)NC(=O)c1ccc(N)cc1.Cl. The third kappa shape index (κ3) is 4.63. The number of halogens is 1. The van der Waals surface area contributed by atoms with Crippen LogP contribution in [0.3, 0.4) is 0 Å². The molecule has 6 heteroatoms. The van der Waals surface area contributed by atoms with E-state index in [-0.39, 0.29) is 24.2 Å². The monoisotopic (exact) mass is 271 g/mol. The molecule has 1 atom stereocenters. The molecule has 0 saturated heterocycles. The summed E-state index contributed by atoms with van der Waals surface area (Å²) in [5, 5.41) is 5.25. The summed E-state index contributed by atoms with van der Waals surface area (Å²) in [6.07, 6.45) is 0. The van der Waals surface area contributed by atoms with Gasteiger partial charge in [0.05, 0.1) is 0 Å². The number of carbonyl (C=O) groups excluding carboxylic acids is 2. The van der Waals surface area contributed by atoms with Gasteiger partial charge >= 0.3 is 0 Å². The molecule has 2 amide bonds. The van der Waals surface area contributed by atoms with Crippen molar-refractivity contribution in [3.05, 3.63) is 29.8 Å². The molecule has 1 aromatic rings. The van der Waals surface area contributed by atoms with Crippen LogP contribution < -0.4 is 16.4 Å². The molecular weight excluding hydrogens is 254 g/mol. The quantitative estimate of drug-likeness (QED) is 0.713. The molecule has 0 bridgehead atoms. The number of benzene rings is 1. The van der Waals surface area contributed by atoms with Crippen molar-refractivity contribution < 1.29 is 9.59 Å². The highest BCUT2D eigenvalue weighted by molar-refractivity contribution is 5.97. The molecule has 0 aliphatic rings. The molecule has 0 aromatic heterocycles. The summed E-state index contributed by atoms with van der Waals surface area (Å²) < 4.78 is 0. The van der Waals surface area contributed by atoms with Gasteiger partial charge in [0, 0.05) is 17.8 Å². The van der Waals surface area contributed by atoms with E-state index in [1.54, 1.807) is 31.2 Å². The number of nitrogens with one attached hydrogen (secondary N) is 2. The first kappa shape index (κ1) is 16.2. The van der Waals surface area contributed by atoms with Crippen LogP contribution in [0.1, 0.15) is 24.2 Å². The van der Waals surface area contributed by atoms with Crippen molar-refractivity contribution in [2.45, 2.75) is 19.9 Å². The molecule has 0 aliphatic carbocycles. The number of likely N-dealkylation sites (N-methyl/N-ethyl adjacent to an activating group) is 1. The number of nitrogen functional groups attached to an aromatic ring is 1. The number of nitrogens with two attached hydrogens (primary N) is 1. The highest BCUT2D eigenvalue weighted by Crippen LogP contribution is 2.05. The third-order valence-electron chi connectivity index (χ3n) is 2.26. The smallest absolute Gasteiger partial charge is 0.251 e. The predicted molar refractivity (Wildman–Crippen MR) is 73.7 cm³/mol. The van der Waals surface area contributed by atoms with E-state index < -0.39 is 6.04 Å². The van der Waals surface area contributed by atoms with Gasteiger partial charge in [-0.05, 0) is 38.1 Å². The van der Waals surface area contributed by atoms with E-state index in [2.05, 4.69) is 10.6 Å². The first-order valence-electron chi connectivity index (χ1n) is 5.48. The zero-order valence-electron chi connectivity index (χ0n) is 10.4. The van der Waals surface area contributed by atoms with Gasteiger partial charge < -0.3 is 16.4 Å². The minimum Gasteiger partial charge on any atom is -0.399 e. The molecule has 100 valence electrons. The summed E-state index contributed by atoms with van der Waals surface area (Å²) >= 11 is 0. The van der Waals surface area contributed by atoms with Crippen LogP contribution in [0, 0.1) is 0 Å². The van der Waals surface area contributed by atoms with E-state index in [4.69, 9.17) is 5.73 Å². The number of hydrogen-bond donors (Lipinski definition) is 3. The number of carbonyl (C=O) groups is 2. The normalized spacial score (nSPS) is 11.0. The maximum atomic E-state index is 11.7. The van der Waals surface area contributed by atoms with Crippen LogP contribution in [0.2, 0.25) is 0 Å². The molecule has 0 radical (unpaired) electrons. The van der Waals surface area contributed by atoms with E-state index in [9.17, 15) is 9.59 Å². The van der Waals surface area contributed by atoms with E-state index in [0.29, 0.717) is 17.8 Å². The van der Waals surface area contributed by atoms with Crippen molar-refractivity contribution in [1.82, 2.24) is 10.6 Å². The second-order valence-electron chi connectivity index (χ2n) is 3.71. The largest absolute Gasteiger partial charge is 0.399 e. The molecule has 5 nitrogen and oxygen atoms in total. The van der Waals surface area contributed by atoms with Gasteiger partial charge in [-0.3, -0.25) is 9.59 Å². The van der Waals surface area contributed by atoms with Gasteiger partial charge in [-0.25, -0.2) is 0 Å². The van der Waals surface area contributed by atoms with Crippen LogP contribution >= 0.6 is 12.4 Å². The molecule has 18 heavy (non-hydrogen) atoms. The standard InChI is InChI=1S/C12H17N3O2.ClH/c1-3-14-11(16)8(2)15-12(17)9-4-6-10(13)7-5-9;/h4-8H,3,13H2,1-2H3,(H,14,16)(H,15,17);1H. The molecule has 4 N–H and O–H groups in total. The van der Waals surface area contributed by atoms with Gasteiger partial charge in [-0.2, -0.15) is 0 Å². The molecule has 1 rings (SSSR count). The minimum absolute atomic E-state index is 0. The summed E-state index contributed by atoms with van der Waals surface area (Å²) in [4.78, 5) is 23.2. The Morgan fingerprint density at radius 1 is 1.28 bits per heavy atom. The van der Waals surface area contributed by atoms with Crippen molar-refractivity contribution in [1.29, 1.82) is 0 Å². The molecule has 1 unspecified atom stereocenters. The first-order chi connectivity index (χ1) is 8.04. The highest BCUT2D eigenvalue weighted by atomic mass is 35.5. The number of hydrogen-bond acceptors (Lipinski definition) is 3. The lowest BCUT2D eigenvalue weighted by Crippen LogP contribution is -2.44. The highest BCUT2D eigenvalue weighted by Gasteiger charge is 2.15. The van der Waals surface area contributed by atoms with Crippen LogP contribution in [-0.2, 0) is 4.79 Å². The molecule has 0 heterocycles. The third-order valence-corrected chi connectivity index (χ3v) is 2.26. The molecule has 1 aromatic carbocycles. The summed E-state index contributed by atoms with van der Waals surface area (Å²) in [5.41, 5.74) is 6.60. The molecule has 0 spiro atoms. The van der Waals surface area contributed by atoms with Crippen molar-refractivity contribution in [3.8, 4) is 0 Å². The van der Waals surface area contributed by atoms with Crippen molar-refractivity contribution in [2.75, 3.05) is 12.3 Å². The molecule has 0 fully saturated rings. The summed E-state index contributed by atoms with van der Waals surface area (Å²) in [6, 6.07) is 5.97. The lowest BCUT2D eigenvalue weighted by molar-refractivity contribution is -0.122. The van der Waals surface area contributed by atoms with Crippen LogP contribution in [0.25, 0.3) is 0 Å². The van der Waals surface area contributed by atoms with Gasteiger partial charge in [0.1, 0.15) is 6.04 Å². The Hall–Kier alpha value is -1.75. The fraction of sp³-hybridized carbons (Fsp3) is 0.333. The lowest BCUT2D eigenvalue weighted by Gasteiger charge is -2.13. The Bertz CT molecular complexity index is 406. The molecule has 0 saturated carbocycles. The second-order valence-corrected chi connectivity index (χ2v) is 3.71. The van der Waals surface area contributed by atoms with E-state index in [0.717, 1.165) is 0 Å². The predicted octanol–water partition coefficient (Wildman–Crippen LogP) is 0.945. The Balaban J connectivity index is 0.00000289. The summed E-state index contributed by atoms with van der Waals surface area (Å²) in [7, 11) is 0. The average molecular weight is 272 g/mol. The molecule has 0 aliphatic heterocycles. The summed E-state index contributed by atoms with van der Waals surface area (Å²) in [5.74, 6) is -0.486. The fourth-order valence-electron chi connectivity index (χ4n) is 1.31. The fourth-order valence-corrected chi connectivity index (χ4v) is 1.31. The minimum atomic E-state index is -0.556. The maximum absolute atomic E-state index is 11.7. The van der Waals surface area contributed by atoms with Crippen LogP contribution in [0.4, 0.5) is 5.69 Å². The first-order valence-corrected chi connectivity index (χ1v) is 5.48. The Morgan fingerprint density at radius 3 is 2.33 bits per heavy atom. The topological polar surface area (TPSA) is 84.2 Å². The number of anilines is 1. The van der Waals surface area contributed by atoms with E-state index >= 15 is 0 Å². The van der Waals surface area contributed by atoms with E-state index in [1.807, 2.05) is 6.92 Å². The van der Waals surface area contributed by atoms with Gasteiger partial charge in [0.25, 0.3) is 5.91 Å². The van der Waals surface area contributed by atoms with Crippen molar-refractivity contribution in [2.24, 2.45) is 0 Å². The van der Waals surface area contributed by atoms with Crippen molar-refractivity contribution in [3.63, 3.8) is 0 Å². The van der Waals surface area contributed by atoms with E-state index in [1.165, 1.54) is 0 Å². The Labute approximate surface area is 113 Å². The lowest BCUT2D eigenvalue weighted by atomic mass is 10.2. The van der Waals surface area contributed by atoms with Gasteiger partial charge in [0.2, 0.25) is 5.91 Å². The van der Waals surface area contributed by atoms with Gasteiger partial charge in [-0.15, -0.1) is 12.4 Å². The van der Waals surface area contributed by atoms with Gasteiger partial charge in [-0.1, -0.05) is 0 Å². The maximum Gasteiger partial charge on any atom is 0.251 e. The summed E-state index contributed by atoms with van der Waals surface area (Å²) in [6.45, 7) is 4.01. The number of rotatable bonds is 4. The Kier molecular flexibility index (Phi) is 6.82. The van der Waals surface area contributed by atoms with Crippen LogP contribution in [0.15, 0.2) is 24.3 Å². The zero-order valence-corrected chi connectivity index (χ0v) is 11.2. The van der Waals surface area contributed by atoms with Gasteiger partial charge in [0.15, 0.2) is 0 Å². The number of amides is 2.